The Balaban J connectivity index is 2.29. The fourth-order valence-corrected chi connectivity index (χ4v) is 1.43. The third-order valence-corrected chi connectivity index (χ3v) is 2.35. The largest absolute Gasteiger partial charge is 0.436 e. The Bertz CT molecular complexity index is 727. The minimum atomic E-state index is -0.747. The molecule has 1 aromatic carbocycles. The minimum Gasteiger partial charge on any atom is -0.436 e. The highest BCUT2D eigenvalue weighted by molar-refractivity contribution is 5.53. The number of nitrogens with two attached hydrogens (primary N) is 1. The van der Waals surface area contributed by atoms with E-state index >= 15 is 0 Å². The van der Waals surface area contributed by atoms with Gasteiger partial charge in [0.2, 0.25) is 11.7 Å². The number of halogens is 1. The number of aromatic nitrogens is 1. The standard InChI is InChI=1S/C12H7FN4O3/c13-8-5-7(6-14)1-3-10(8)20-11-4-2-9(17(18)19)12(15)16-11/h1-5H,(H2,15,16). The summed E-state index contributed by atoms with van der Waals surface area (Å²) in [5.74, 6) is -1.33. The van der Waals surface area contributed by atoms with Crippen LogP contribution in [0.1, 0.15) is 5.56 Å². The molecule has 0 atom stereocenters. The van der Waals surface area contributed by atoms with Crippen molar-refractivity contribution in [3.05, 3.63) is 51.8 Å². The van der Waals surface area contributed by atoms with Crippen LogP contribution >= 0.6 is 0 Å². The Labute approximate surface area is 112 Å². The van der Waals surface area contributed by atoms with E-state index in [1.807, 2.05) is 0 Å². The Morgan fingerprint density at radius 2 is 2.15 bits per heavy atom. The molecule has 2 N–H and O–H groups in total. The van der Waals surface area contributed by atoms with Crippen LogP contribution in [-0.4, -0.2) is 9.91 Å². The highest BCUT2D eigenvalue weighted by atomic mass is 19.1. The quantitative estimate of drug-likeness (QED) is 0.678. The maximum Gasteiger partial charge on any atom is 0.311 e. The van der Waals surface area contributed by atoms with Gasteiger partial charge in [-0.1, -0.05) is 0 Å². The SMILES string of the molecule is N#Cc1ccc(Oc2ccc([N+](=O)[O-])c(N)n2)c(F)c1. The molecule has 1 aromatic heterocycles. The van der Waals surface area contributed by atoms with E-state index in [1.165, 1.54) is 18.2 Å². The molecule has 2 rings (SSSR count). The van der Waals surface area contributed by atoms with Crippen LogP contribution in [0, 0.1) is 27.3 Å². The van der Waals surface area contributed by atoms with Crippen molar-refractivity contribution in [2.45, 2.75) is 0 Å². The number of rotatable bonds is 3. The summed E-state index contributed by atoms with van der Waals surface area (Å²) in [6.45, 7) is 0. The van der Waals surface area contributed by atoms with Crippen LogP contribution in [0.15, 0.2) is 30.3 Å². The summed E-state index contributed by atoms with van der Waals surface area (Å²) in [5.41, 5.74) is 5.17. The van der Waals surface area contributed by atoms with Crippen molar-refractivity contribution >= 4 is 11.5 Å². The molecule has 0 radical (unpaired) electrons. The first-order valence-electron chi connectivity index (χ1n) is 5.29. The molecule has 2 aromatic rings. The molecule has 0 amide bonds. The highest BCUT2D eigenvalue weighted by Gasteiger charge is 2.14. The Kier molecular flexibility index (Phi) is 3.43. The van der Waals surface area contributed by atoms with Crippen LogP contribution in [0.2, 0.25) is 0 Å². The Morgan fingerprint density at radius 1 is 1.40 bits per heavy atom. The molecule has 0 fully saturated rings. The third kappa shape index (κ3) is 2.62. The number of nitrogen functional groups attached to an aromatic ring is 1. The second-order valence-electron chi connectivity index (χ2n) is 3.67. The van der Waals surface area contributed by atoms with Gasteiger partial charge in [0.25, 0.3) is 0 Å². The molecule has 0 aliphatic rings. The van der Waals surface area contributed by atoms with Crippen molar-refractivity contribution in [2.24, 2.45) is 0 Å². The van der Waals surface area contributed by atoms with Crippen molar-refractivity contribution in [2.75, 3.05) is 5.73 Å². The van der Waals surface area contributed by atoms with Gasteiger partial charge in [0.05, 0.1) is 16.6 Å². The molecule has 7 nitrogen and oxygen atoms in total. The number of ether oxygens (including phenoxy) is 1. The van der Waals surface area contributed by atoms with Gasteiger partial charge in [-0.15, -0.1) is 0 Å². The lowest BCUT2D eigenvalue weighted by molar-refractivity contribution is -0.384. The normalized spacial score (nSPS) is 9.80. The number of anilines is 1. The van der Waals surface area contributed by atoms with Crippen molar-refractivity contribution < 1.29 is 14.1 Å². The average Bonchev–Trinajstić information content (AvgIpc) is 2.40. The molecule has 0 unspecified atom stereocenters. The molecular formula is C12H7FN4O3. The first-order chi connectivity index (χ1) is 9.51. The minimum absolute atomic E-state index is 0.0864. The number of nitro groups is 1. The molecule has 0 spiro atoms. The number of pyridine rings is 1. The molecule has 0 aliphatic heterocycles. The zero-order valence-corrected chi connectivity index (χ0v) is 9.91. The highest BCUT2D eigenvalue weighted by Crippen LogP contribution is 2.27. The summed E-state index contributed by atoms with van der Waals surface area (Å²) in [4.78, 5) is 13.5. The van der Waals surface area contributed by atoms with Gasteiger partial charge in [-0.25, -0.2) is 4.39 Å². The van der Waals surface area contributed by atoms with E-state index in [4.69, 9.17) is 15.7 Å². The number of hydrogen-bond acceptors (Lipinski definition) is 6. The van der Waals surface area contributed by atoms with E-state index in [-0.39, 0.29) is 28.7 Å². The molecule has 20 heavy (non-hydrogen) atoms. The zero-order chi connectivity index (χ0) is 14.7. The van der Waals surface area contributed by atoms with Crippen LogP contribution in [0.3, 0.4) is 0 Å². The van der Waals surface area contributed by atoms with Gasteiger partial charge in [-0.3, -0.25) is 10.1 Å². The third-order valence-electron chi connectivity index (χ3n) is 2.35. The smallest absolute Gasteiger partial charge is 0.311 e. The zero-order valence-electron chi connectivity index (χ0n) is 9.91. The fourth-order valence-electron chi connectivity index (χ4n) is 1.43. The molecular weight excluding hydrogens is 267 g/mol. The van der Waals surface area contributed by atoms with E-state index in [1.54, 1.807) is 6.07 Å². The second kappa shape index (κ2) is 5.19. The van der Waals surface area contributed by atoms with Gasteiger partial charge >= 0.3 is 5.69 Å². The maximum atomic E-state index is 13.6. The topological polar surface area (TPSA) is 115 Å². The number of hydrogen-bond donors (Lipinski definition) is 1. The second-order valence-corrected chi connectivity index (χ2v) is 3.67. The predicted molar refractivity (Wildman–Crippen MR) is 66.5 cm³/mol. The summed E-state index contributed by atoms with van der Waals surface area (Å²) < 4.78 is 18.7. The summed E-state index contributed by atoms with van der Waals surface area (Å²) in [5, 5.41) is 19.2. The molecule has 8 heteroatoms. The van der Waals surface area contributed by atoms with Crippen LogP contribution in [-0.2, 0) is 0 Å². The molecule has 0 saturated carbocycles. The summed E-state index contributed by atoms with van der Waals surface area (Å²) in [6.07, 6.45) is 0. The monoisotopic (exact) mass is 274 g/mol. The first kappa shape index (κ1) is 13.2. The fraction of sp³-hybridized carbons (Fsp3) is 0. The molecule has 0 aliphatic carbocycles. The Morgan fingerprint density at radius 3 is 2.70 bits per heavy atom. The van der Waals surface area contributed by atoms with Gasteiger partial charge < -0.3 is 10.5 Å². The predicted octanol–water partition coefficient (Wildman–Crippen LogP) is 2.38. The van der Waals surface area contributed by atoms with Crippen LogP contribution in [0.5, 0.6) is 11.6 Å². The van der Waals surface area contributed by atoms with E-state index in [9.17, 15) is 14.5 Å². The van der Waals surface area contributed by atoms with Crippen molar-refractivity contribution in [3.8, 4) is 17.7 Å². The van der Waals surface area contributed by atoms with Gasteiger partial charge in [-0.05, 0) is 18.2 Å². The van der Waals surface area contributed by atoms with Gasteiger partial charge in [0.1, 0.15) is 0 Å². The molecule has 0 saturated heterocycles. The van der Waals surface area contributed by atoms with E-state index in [0.717, 1.165) is 12.1 Å². The van der Waals surface area contributed by atoms with Crippen molar-refractivity contribution in [3.63, 3.8) is 0 Å². The maximum absolute atomic E-state index is 13.6. The molecule has 1 heterocycles. The molecule has 0 bridgehead atoms. The number of nitrogens with zero attached hydrogens (tertiary/aromatic N) is 3. The summed E-state index contributed by atoms with van der Waals surface area (Å²) in [7, 11) is 0. The van der Waals surface area contributed by atoms with Gasteiger partial charge in [-0.2, -0.15) is 10.2 Å². The number of benzene rings is 1. The van der Waals surface area contributed by atoms with Crippen LogP contribution in [0.4, 0.5) is 15.9 Å². The average molecular weight is 274 g/mol. The molecule has 100 valence electrons. The summed E-state index contributed by atoms with van der Waals surface area (Å²) in [6, 6.07) is 7.72. The first-order valence-corrected chi connectivity index (χ1v) is 5.29. The van der Waals surface area contributed by atoms with Gasteiger partial charge in [0.15, 0.2) is 11.6 Å². The van der Waals surface area contributed by atoms with E-state index < -0.39 is 10.7 Å². The van der Waals surface area contributed by atoms with Crippen LogP contribution < -0.4 is 10.5 Å². The van der Waals surface area contributed by atoms with E-state index in [0.29, 0.717) is 0 Å². The van der Waals surface area contributed by atoms with Gasteiger partial charge in [0, 0.05) is 12.1 Å². The lowest BCUT2D eigenvalue weighted by Gasteiger charge is -2.06. The summed E-state index contributed by atoms with van der Waals surface area (Å²) >= 11 is 0. The van der Waals surface area contributed by atoms with E-state index in [2.05, 4.69) is 4.98 Å². The van der Waals surface area contributed by atoms with Crippen molar-refractivity contribution in [1.82, 2.24) is 4.98 Å². The lowest BCUT2D eigenvalue weighted by Crippen LogP contribution is -2.00. The van der Waals surface area contributed by atoms with Crippen molar-refractivity contribution in [1.29, 1.82) is 5.26 Å². The lowest BCUT2D eigenvalue weighted by atomic mass is 10.2. The van der Waals surface area contributed by atoms with Crippen LogP contribution in [0.25, 0.3) is 0 Å². The Hall–Kier alpha value is -3.21. The number of nitriles is 1.